The first kappa shape index (κ1) is 32.7. The Bertz CT molecular complexity index is 1610. The van der Waals surface area contributed by atoms with Crippen LogP contribution in [0.3, 0.4) is 0 Å². The molecule has 0 spiro atoms. The SMILES string of the molecule is CCN(CC)CCOc1ccc(Nc2cc(NC(=O)Nc3cc(C)ccc3NC(=O)c3cccc(C(F)(F)F)c3)ncn2)cc1. The average molecular weight is 622 g/mol. The number of alkyl halides is 3. The highest BCUT2D eigenvalue weighted by Crippen LogP contribution is 2.30. The molecule has 0 aliphatic heterocycles. The molecule has 0 fully saturated rings. The van der Waals surface area contributed by atoms with Gasteiger partial charge in [-0.15, -0.1) is 0 Å². The number of benzene rings is 3. The molecule has 4 aromatic rings. The minimum absolute atomic E-state index is 0.181. The van der Waals surface area contributed by atoms with Gasteiger partial charge >= 0.3 is 12.2 Å². The van der Waals surface area contributed by atoms with Crippen molar-refractivity contribution in [2.75, 3.05) is 47.5 Å². The van der Waals surface area contributed by atoms with Crippen molar-refractivity contribution in [3.05, 3.63) is 95.8 Å². The van der Waals surface area contributed by atoms with Gasteiger partial charge in [-0.3, -0.25) is 10.1 Å². The highest BCUT2D eigenvalue weighted by Gasteiger charge is 2.31. The monoisotopic (exact) mass is 621 g/mol. The molecule has 0 bridgehead atoms. The number of aryl methyl sites for hydroxylation is 1. The van der Waals surface area contributed by atoms with Crippen LogP contribution >= 0.6 is 0 Å². The summed E-state index contributed by atoms with van der Waals surface area (Å²) in [7, 11) is 0. The number of carbonyl (C=O) groups is 2. The van der Waals surface area contributed by atoms with E-state index in [1.165, 1.54) is 12.4 Å². The van der Waals surface area contributed by atoms with Gasteiger partial charge in [0, 0.05) is 23.9 Å². The van der Waals surface area contributed by atoms with E-state index in [0.29, 0.717) is 12.4 Å². The van der Waals surface area contributed by atoms with Gasteiger partial charge in [-0.05, 0) is 80.2 Å². The first-order valence-corrected chi connectivity index (χ1v) is 14.3. The van der Waals surface area contributed by atoms with E-state index in [9.17, 15) is 22.8 Å². The second kappa shape index (κ2) is 15.0. The Morgan fingerprint density at radius 1 is 0.844 bits per heavy atom. The van der Waals surface area contributed by atoms with Crippen LogP contribution in [0.25, 0.3) is 0 Å². The van der Waals surface area contributed by atoms with Gasteiger partial charge in [0.05, 0.1) is 16.9 Å². The predicted octanol–water partition coefficient (Wildman–Crippen LogP) is 7.16. The van der Waals surface area contributed by atoms with Gasteiger partial charge < -0.3 is 25.6 Å². The number of likely N-dealkylation sites (N-methyl/N-ethyl adjacent to an activating group) is 1. The summed E-state index contributed by atoms with van der Waals surface area (Å²) in [5.41, 5.74) is 0.836. The maximum atomic E-state index is 13.1. The molecule has 45 heavy (non-hydrogen) atoms. The molecular formula is C32H34F3N7O3. The summed E-state index contributed by atoms with van der Waals surface area (Å²) < 4.78 is 45.1. The lowest BCUT2D eigenvalue weighted by Gasteiger charge is -2.18. The van der Waals surface area contributed by atoms with Crippen LogP contribution in [0.4, 0.5) is 46.7 Å². The number of carbonyl (C=O) groups excluding carboxylic acids is 2. The van der Waals surface area contributed by atoms with Gasteiger partial charge in [-0.25, -0.2) is 14.8 Å². The third-order valence-corrected chi connectivity index (χ3v) is 6.73. The molecule has 3 aromatic carbocycles. The number of anilines is 5. The van der Waals surface area contributed by atoms with Gasteiger partial charge in [0.15, 0.2) is 0 Å². The normalized spacial score (nSPS) is 11.2. The summed E-state index contributed by atoms with van der Waals surface area (Å²) in [5.74, 6) is 0.610. The van der Waals surface area contributed by atoms with Crippen molar-refractivity contribution in [2.45, 2.75) is 26.9 Å². The number of nitrogens with one attached hydrogen (secondary N) is 4. The molecule has 4 N–H and O–H groups in total. The zero-order chi connectivity index (χ0) is 32.4. The van der Waals surface area contributed by atoms with E-state index in [0.717, 1.165) is 54.8 Å². The molecule has 0 aliphatic rings. The summed E-state index contributed by atoms with van der Waals surface area (Å²) in [4.78, 5) is 36.2. The van der Waals surface area contributed by atoms with Crippen LogP contribution in [-0.2, 0) is 6.18 Å². The number of nitrogens with zero attached hydrogens (tertiary/aromatic N) is 3. The fourth-order valence-electron chi connectivity index (χ4n) is 4.28. The Hall–Kier alpha value is -5.17. The largest absolute Gasteiger partial charge is 0.492 e. The summed E-state index contributed by atoms with van der Waals surface area (Å²) in [6.45, 7) is 9.38. The zero-order valence-electron chi connectivity index (χ0n) is 25.0. The third-order valence-electron chi connectivity index (χ3n) is 6.73. The lowest BCUT2D eigenvalue weighted by molar-refractivity contribution is -0.137. The van der Waals surface area contributed by atoms with Crippen LogP contribution < -0.4 is 26.0 Å². The topological polar surface area (TPSA) is 121 Å². The summed E-state index contributed by atoms with van der Waals surface area (Å²) in [6.07, 6.45) is -3.30. The van der Waals surface area contributed by atoms with E-state index in [4.69, 9.17) is 4.74 Å². The molecule has 10 nitrogen and oxygen atoms in total. The Morgan fingerprint density at radius 2 is 1.58 bits per heavy atom. The van der Waals surface area contributed by atoms with E-state index in [-0.39, 0.29) is 22.8 Å². The molecule has 13 heteroatoms. The molecule has 0 radical (unpaired) electrons. The highest BCUT2D eigenvalue weighted by molar-refractivity contribution is 6.08. The molecule has 0 saturated heterocycles. The standard InChI is InChI=1S/C32H34F3N7O3/c1-4-42(5-2)15-16-45-25-12-10-24(11-13-25)38-28-19-29(37-20-36-28)41-31(44)40-27-17-21(3)9-14-26(27)39-30(43)22-7-6-8-23(18-22)32(33,34)35/h6-14,17-20H,4-5,15-16H2,1-3H3,(H,39,43)(H3,36,37,38,40,41,44). The number of hydrogen-bond acceptors (Lipinski definition) is 7. The van der Waals surface area contributed by atoms with E-state index >= 15 is 0 Å². The van der Waals surface area contributed by atoms with Crippen LogP contribution in [0, 0.1) is 6.92 Å². The zero-order valence-corrected chi connectivity index (χ0v) is 25.0. The van der Waals surface area contributed by atoms with Crippen LogP contribution in [0.15, 0.2) is 79.1 Å². The number of ether oxygens (including phenoxy) is 1. The summed E-state index contributed by atoms with van der Waals surface area (Å²) >= 11 is 0. The maximum Gasteiger partial charge on any atom is 0.416 e. The molecule has 236 valence electrons. The molecule has 0 unspecified atom stereocenters. The fraction of sp³-hybridized carbons (Fsp3) is 0.250. The van der Waals surface area contributed by atoms with E-state index in [1.54, 1.807) is 31.2 Å². The number of halogens is 3. The first-order valence-electron chi connectivity index (χ1n) is 14.3. The molecule has 0 aliphatic carbocycles. The van der Waals surface area contributed by atoms with E-state index in [1.807, 2.05) is 24.3 Å². The summed E-state index contributed by atoms with van der Waals surface area (Å²) in [6, 6.07) is 17.2. The Labute approximate surface area is 259 Å². The summed E-state index contributed by atoms with van der Waals surface area (Å²) in [5, 5.41) is 11.0. The Balaban J connectivity index is 1.36. The molecule has 4 rings (SSSR count). The lowest BCUT2D eigenvalue weighted by Crippen LogP contribution is -2.27. The van der Waals surface area contributed by atoms with Gasteiger partial charge in [-0.2, -0.15) is 13.2 Å². The first-order chi connectivity index (χ1) is 21.5. The number of aromatic nitrogens is 2. The highest BCUT2D eigenvalue weighted by atomic mass is 19.4. The smallest absolute Gasteiger partial charge is 0.416 e. The van der Waals surface area contributed by atoms with Gasteiger partial charge in [-0.1, -0.05) is 26.0 Å². The molecule has 0 atom stereocenters. The Kier molecular flexibility index (Phi) is 10.9. The Morgan fingerprint density at radius 3 is 2.29 bits per heavy atom. The molecule has 3 amide bonds. The van der Waals surface area contributed by atoms with Crippen molar-refractivity contribution in [1.82, 2.24) is 14.9 Å². The maximum absolute atomic E-state index is 13.1. The van der Waals surface area contributed by atoms with E-state index in [2.05, 4.69) is 50.0 Å². The number of hydrogen-bond donors (Lipinski definition) is 4. The average Bonchev–Trinajstić information content (AvgIpc) is 3.01. The molecule has 1 heterocycles. The van der Waals surface area contributed by atoms with Gasteiger partial charge in [0.25, 0.3) is 5.91 Å². The van der Waals surface area contributed by atoms with Crippen molar-refractivity contribution in [3.8, 4) is 5.75 Å². The van der Waals surface area contributed by atoms with Gasteiger partial charge in [0.2, 0.25) is 0 Å². The quantitative estimate of drug-likeness (QED) is 0.132. The predicted molar refractivity (Wildman–Crippen MR) is 168 cm³/mol. The van der Waals surface area contributed by atoms with Gasteiger partial charge in [0.1, 0.15) is 30.3 Å². The van der Waals surface area contributed by atoms with Crippen molar-refractivity contribution in [1.29, 1.82) is 0 Å². The lowest BCUT2D eigenvalue weighted by atomic mass is 10.1. The van der Waals surface area contributed by atoms with Crippen molar-refractivity contribution < 1.29 is 27.5 Å². The minimum Gasteiger partial charge on any atom is -0.492 e. The van der Waals surface area contributed by atoms with Crippen LogP contribution in [0.2, 0.25) is 0 Å². The number of urea groups is 1. The van der Waals surface area contributed by atoms with Crippen LogP contribution in [-0.4, -0.2) is 53.0 Å². The fourth-order valence-corrected chi connectivity index (χ4v) is 4.28. The van der Waals surface area contributed by atoms with Crippen molar-refractivity contribution in [2.24, 2.45) is 0 Å². The molecule has 0 saturated carbocycles. The van der Waals surface area contributed by atoms with Crippen LogP contribution in [0.1, 0.15) is 35.3 Å². The van der Waals surface area contributed by atoms with Crippen LogP contribution in [0.5, 0.6) is 5.75 Å². The third kappa shape index (κ3) is 9.66. The second-order valence-corrected chi connectivity index (χ2v) is 9.97. The number of amides is 3. The van der Waals surface area contributed by atoms with E-state index < -0.39 is 23.7 Å². The number of rotatable bonds is 12. The molecular weight excluding hydrogens is 587 g/mol. The second-order valence-electron chi connectivity index (χ2n) is 9.97. The van der Waals surface area contributed by atoms with Crippen molar-refractivity contribution >= 4 is 40.6 Å². The van der Waals surface area contributed by atoms with Crippen molar-refractivity contribution in [3.63, 3.8) is 0 Å². The minimum atomic E-state index is -4.59. The molecule has 1 aromatic heterocycles.